The largest absolute Gasteiger partial charge is 0.493 e. The average molecular weight is 353 g/mol. The number of piperidine rings is 1. The maximum atomic E-state index is 12.6. The Morgan fingerprint density at radius 2 is 2.17 bits per heavy atom. The van der Waals surface area contributed by atoms with Gasteiger partial charge in [-0.3, -0.25) is 4.79 Å². The van der Waals surface area contributed by atoms with Gasteiger partial charge in [-0.25, -0.2) is 12.7 Å². The van der Waals surface area contributed by atoms with Crippen molar-refractivity contribution >= 4 is 16.0 Å². The number of nitrogens with zero attached hydrogens (tertiary/aromatic N) is 1. The number of ether oxygens (including phenoxy) is 1. The van der Waals surface area contributed by atoms with Gasteiger partial charge in [0.05, 0.1) is 18.3 Å². The van der Waals surface area contributed by atoms with Crippen LogP contribution >= 0.6 is 0 Å². The highest BCUT2D eigenvalue weighted by Crippen LogP contribution is 2.27. The Kier molecular flexibility index (Phi) is 4.83. The molecule has 1 aromatic carbocycles. The molecule has 0 aliphatic carbocycles. The zero-order valence-corrected chi connectivity index (χ0v) is 14.6. The van der Waals surface area contributed by atoms with E-state index >= 15 is 0 Å². The number of aliphatic carboxylic acids is 1. The summed E-state index contributed by atoms with van der Waals surface area (Å²) in [5.74, 6) is -0.574. The third-order valence-electron chi connectivity index (χ3n) is 4.77. The molecule has 1 N–H and O–H groups in total. The van der Waals surface area contributed by atoms with Gasteiger partial charge in [0.1, 0.15) is 5.75 Å². The molecule has 24 heavy (non-hydrogen) atoms. The molecule has 0 spiro atoms. The van der Waals surface area contributed by atoms with E-state index in [1.165, 1.54) is 4.31 Å². The topological polar surface area (TPSA) is 83.9 Å². The van der Waals surface area contributed by atoms with Crippen LogP contribution in [0.25, 0.3) is 0 Å². The maximum absolute atomic E-state index is 12.6. The van der Waals surface area contributed by atoms with E-state index in [0.29, 0.717) is 26.0 Å². The first-order valence-corrected chi connectivity index (χ1v) is 9.91. The molecule has 2 aliphatic heterocycles. The fourth-order valence-electron chi connectivity index (χ4n) is 3.48. The number of hydrogen-bond acceptors (Lipinski definition) is 4. The van der Waals surface area contributed by atoms with Crippen molar-refractivity contribution in [3.05, 3.63) is 29.3 Å². The average Bonchev–Trinajstić information content (AvgIpc) is 3.00. The summed E-state index contributed by atoms with van der Waals surface area (Å²) < 4.78 is 32.0. The SMILES string of the molecule is CC1CC(C(=O)O)CN(S(=O)(=O)CCc2ccc3c(c2)CCO3)C1. The summed E-state index contributed by atoms with van der Waals surface area (Å²) in [4.78, 5) is 11.2. The monoisotopic (exact) mass is 353 g/mol. The highest BCUT2D eigenvalue weighted by Gasteiger charge is 2.35. The van der Waals surface area contributed by atoms with Gasteiger partial charge in [-0.2, -0.15) is 0 Å². The number of sulfonamides is 1. The molecule has 0 saturated carbocycles. The second-order valence-corrected chi connectivity index (χ2v) is 8.89. The van der Waals surface area contributed by atoms with Crippen molar-refractivity contribution in [3.8, 4) is 5.75 Å². The third-order valence-corrected chi connectivity index (χ3v) is 6.58. The minimum absolute atomic E-state index is 0.00566. The van der Waals surface area contributed by atoms with Crippen LogP contribution < -0.4 is 4.74 Å². The van der Waals surface area contributed by atoms with Gasteiger partial charge in [0, 0.05) is 19.5 Å². The van der Waals surface area contributed by atoms with Crippen molar-refractivity contribution < 1.29 is 23.1 Å². The normalized spacial score (nSPS) is 24.4. The third kappa shape index (κ3) is 3.72. The number of aryl methyl sites for hydroxylation is 1. The highest BCUT2D eigenvalue weighted by atomic mass is 32.2. The van der Waals surface area contributed by atoms with Gasteiger partial charge >= 0.3 is 5.97 Å². The molecule has 0 amide bonds. The number of hydrogen-bond donors (Lipinski definition) is 1. The van der Waals surface area contributed by atoms with Gasteiger partial charge < -0.3 is 9.84 Å². The lowest BCUT2D eigenvalue weighted by Crippen LogP contribution is -2.46. The van der Waals surface area contributed by atoms with Gasteiger partial charge in [0.25, 0.3) is 0 Å². The van der Waals surface area contributed by atoms with Gasteiger partial charge in [-0.1, -0.05) is 19.1 Å². The Bertz CT molecular complexity index is 730. The van der Waals surface area contributed by atoms with E-state index in [0.717, 1.165) is 23.3 Å². The fraction of sp³-hybridized carbons (Fsp3) is 0.588. The molecule has 0 radical (unpaired) electrons. The van der Waals surface area contributed by atoms with Gasteiger partial charge in [-0.05, 0) is 36.0 Å². The van der Waals surface area contributed by atoms with Crippen molar-refractivity contribution in [2.45, 2.75) is 26.2 Å². The van der Waals surface area contributed by atoms with E-state index < -0.39 is 21.9 Å². The highest BCUT2D eigenvalue weighted by molar-refractivity contribution is 7.89. The number of fused-ring (bicyclic) bond motifs is 1. The molecule has 2 atom stereocenters. The summed E-state index contributed by atoms with van der Waals surface area (Å²) in [6, 6.07) is 5.81. The first-order valence-electron chi connectivity index (χ1n) is 8.30. The van der Waals surface area contributed by atoms with Crippen LogP contribution in [0.4, 0.5) is 0 Å². The van der Waals surface area contributed by atoms with E-state index in [4.69, 9.17) is 4.74 Å². The standard InChI is InChI=1S/C17H23NO5S/c1-12-8-15(17(19)20)11-18(10-12)24(21,22)7-5-13-2-3-16-14(9-13)4-6-23-16/h2-3,9,12,15H,4-8,10-11H2,1H3,(H,19,20). The van der Waals surface area contributed by atoms with Crippen molar-refractivity contribution in [1.82, 2.24) is 4.31 Å². The van der Waals surface area contributed by atoms with Crippen molar-refractivity contribution in [1.29, 1.82) is 0 Å². The molecule has 2 heterocycles. The van der Waals surface area contributed by atoms with Crippen LogP contribution in [0.1, 0.15) is 24.5 Å². The molecule has 2 aliphatic rings. The summed E-state index contributed by atoms with van der Waals surface area (Å²) in [6.45, 7) is 3.07. The summed E-state index contributed by atoms with van der Waals surface area (Å²) in [5, 5.41) is 9.20. The first-order chi connectivity index (χ1) is 11.3. The van der Waals surface area contributed by atoms with Crippen LogP contribution in [-0.4, -0.2) is 49.2 Å². The Morgan fingerprint density at radius 3 is 2.92 bits per heavy atom. The molecule has 0 bridgehead atoms. The van der Waals surface area contributed by atoms with Crippen LogP contribution in [0.3, 0.4) is 0 Å². The van der Waals surface area contributed by atoms with Crippen LogP contribution in [-0.2, 0) is 27.7 Å². The molecular formula is C17H23NO5S. The molecule has 3 rings (SSSR count). The minimum atomic E-state index is -3.46. The van der Waals surface area contributed by atoms with Crippen LogP contribution in [0.5, 0.6) is 5.75 Å². The molecule has 2 unspecified atom stereocenters. The molecule has 7 heteroatoms. The Morgan fingerprint density at radius 1 is 1.38 bits per heavy atom. The first kappa shape index (κ1) is 17.2. The number of benzene rings is 1. The molecular weight excluding hydrogens is 330 g/mol. The summed E-state index contributed by atoms with van der Waals surface area (Å²) in [6.07, 6.45) is 1.82. The van der Waals surface area contributed by atoms with Gasteiger partial charge in [0.15, 0.2) is 0 Å². The smallest absolute Gasteiger partial charge is 0.307 e. The Labute approximate surface area is 142 Å². The second-order valence-electron chi connectivity index (χ2n) is 6.80. The Hall–Kier alpha value is -1.60. The lowest BCUT2D eigenvalue weighted by Gasteiger charge is -2.33. The predicted octanol–water partition coefficient (Wildman–Crippen LogP) is 1.54. The molecule has 6 nitrogen and oxygen atoms in total. The number of carboxylic acids is 1. The van der Waals surface area contributed by atoms with E-state index in [9.17, 15) is 18.3 Å². The minimum Gasteiger partial charge on any atom is -0.493 e. The van der Waals surface area contributed by atoms with Crippen LogP contribution in [0.2, 0.25) is 0 Å². The zero-order chi connectivity index (χ0) is 17.3. The molecule has 1 fully saturated rings. The van der Waals surface area contributed by atoms with E-state index in [1.54, 1.807) is 0 Å². The fourth-order valence-corrected chi connectivity index (χ4v) is 5.12. The summed E-state index contributed by atoms with van der Waals surface area (Å²) >= 11 is 0. The van der Waals surface area contributed by atoms with Crippen molar-refractivity contribution in [3.63, 3.8) is 0 Å². The number of carbonyl (C=O) groups is 1. The molecule has 1 saturated heterocycles. The quantitative estimate of drug-likeness (QED) is 0.868. The summed E-state index contributed by atoms with van der Waals surface area (Å²) in [7, 11) is -3.46. The van der Waals surface area contributed by atoms with E-state index in [2.05, 4.69) is 0 Å². The van der Waals surface area contributed by atoms with Crippen molar-refractivity contribution in [2.24, 2.45) is 11.8 Å². The van der Waals surface area contributed by atoms with Gasteiger partial charge in [0.2, 0.25) is 10.0 Å². The predicted molar refractivity (Wildman–Crippen MR) is 89.6 cm³/mol. The number of rotatable bonds is 5. The van der Waals surface area contributed by atoms with Crippen LogP contribution in [0, 0.1) is 11.8 Å². The summed E-state index contributed by atoms with van der Waals surface area (Å²) in [5.41, 5.74) is 2.10. The zero-order valence-electron chi connectivity index (χ0n) is 13.8. The molecule has 0 aromatic heterocycles. The molecule has 132 valence electrons. The second kappa shape index (κ2) is 6.72. The lowest BCUT2D eigenvalue weighted by molar-refractivity contribution is -0.143. The molecule has 1 aromatic rings. The van der Waals surface area contributed by atoms with Crippen LogP contribution in [0.15, 0.2) is 18.2 Å². The Balaban J connectivity index is 1.66. The van der Waals surface area contributed by atoms with Gasteiger partial charge in [-0.15, -0.1) is 0 Å². The maximum Gasteiger partial charge on any atom is 0.307 e. The lowest BCUT2D eigenvalue weighted by atomic mass is 9.92. The van der Waals surface area contributed by atoms with E-state index in [1.807, 2.05) is 25.1 Å². The number of carboxylic acid groups (broad SMARTS) is 1. The van der Waals surface area contributed by atoms with Crippen molar-refractivity contribution in [2.75, 3.05) is 25.4 Å². The van der Waals surface area contributed by atoms with E-state index in [-0.39, 0.29) is 18.2 Å².